The first kappa shape index (κ1) is 24.0. The summed E-state index contributed by atoms with van der Waals surface area (Å²) in [4.78, 5) is 17.5. The Kier molecular flexibility index (Phi) is 7.63. The molecule has 1 saturated heterocycles. The van der Waals surface area contributed by atoms with Crippen LogP contribution in [0.2, 0.25) is 10.0 Å². The normalized spacial score (nSPS) is 20.7. The Hall–Kier alpha value is -1.66. The van der Waals surface area contributed by atoms with Crippen LogP contribution in [0.4, 0.5) is 0 Å². The van der Waals surface area contributed by atoms with Crippen LogP contribution in [0.15, 0.2) is 30.3 Å². The van der Waals surface area contributed by atoms with Gasteiger partial charge in [0.15, 0.2) is 11.5 Å². The lowest BCUT2D eigenvalue weighted by Crippen LogP contribution is -2.48. The van der Waals surface area contributed by atoms with E-state index in [0.717, 1.165) is 49.0 Å². The average Bonchev–Trinajstić information content (AvgIpc) is 3.27. The van der Waals surface area contributed by atoms with Crippen LogP contribution in [0.5, 0.6) is 11.5 Å². The van der Waals surface area contributed by atoms with Crippen LogP contribution in [-0.4, -0.2) is 52.1 Å². The Morgan fingerprint density at radius 2 is 1.84 bits per heavy atom. The van der Waals surface area contributed by atoms with Crippen molar-refractivity contribution in [3.63, 3.8) is 0 Å². The molecule has 1 amide bonds. The predicted molar refractivity (Wildman–Crippen MR) is 126 cm³/mol. The zero-order valence-corrected chi connectivity index (χ0v) is 19.7. The number of phenolic OH excluding ortho intramolecular Hbond substituents is 2. The van der Waals surface area contributed by atoms with Crippen LogP contribution >= 0.6 is 35.6 Å². The fourth-order valence-electron chi connectivity index (χ4n) is 4.86. The van der Waals surface area contributed by atoms with Gasteiger partial charge in [0.05, 0.1) is 22.5 Å². The number of rotatable bonds is 4. The average molecular weight is 486 g/mol. The molecule has 2 aliphatic rings. The minimum Gasteiger partial charge on any atom is -0.504 e. The summed E-state index contributed by atoms with van der Waals surface area (Å²) in [5.41, 5.74) is 2.46. The molecular weight excluding hydrogens is 459 g/mol. The number of hydrogen-bond acceptors (Lipinski definition) is 4. The number of amides is 1. The highest BCUT2D eigenvalue weighted by Gasteiger charge is 2.39. The van der Waals surface area contributed by atoms with Crippen molar-refractivity contribution in [2.75, 3.05) is 20.1 Å². The SMILES string of the molecule is CN(C(=O)Cc1ccc(Cl)c(Cl)c1)[C@H]1c2ccc(O)c(O)c2CC[C@@H]1N1CCCC1.Cl. The predicted octanol–water partition coefficient (Wildman–Crippen LogP) is 4.98. The van der Waals surface area contributed by atoms with E-state index >= 15 is 0 Å². The lowest BCUT2D eigenvalue weighted by Gasteiger charge is -2.43. The molecule has 0 saturated carbocycles. The van der Waals surface area contributed by atoms with Gasteiger partial charge in [0.2, 0.25) is 5.91 Å². The standard InChI is InChI=1S/C23H26Cl2N2O3.ClH/c1-26(21(29)13-14-4-7-17(24)18(25)12-14)22-15-6-9-20(28)23(30)16(15)5-8-19(22)27-10-2-3-11-27;/h4,6-7,9,12,19,22,28,30H,2-3,5,8,10-11,13H2,1H3;1H/t19-,22-;/m0./s1. The molecule has 2 atom stereocenters. The molecule has 1 aliphatic carbocycles. The van der Waals surface area contributed by atoms with Gasteiger partial charge in [0.1, 0.15) is 0 Å². The molecule has 1 fully saturated rings. The van der Waals surface area contributed by atoms with Crippen molar-refractivity contribution in [3.8, 4) is 11.5 Å². The number of aromatic hydroxyl groups is 2. The number of halogens is 3. The van der Waals surface area contributed by atoms with E-state index < -0.39 is 0 Å². The number of benzene rings is 2. The quantitative estimate of drug-likeness (QED) is 0.600. The first-order chi connectivity index (χ1) is 14.4. The molecule has 8 heteroatoms. The number of carbonyl (C=O) groups is 1. The Labute approximate surface area is 199 Å². The Morgan fingerprint density at radius 3 is 2.52 bits per heavy atom. The lowest BCUT2D eigenvalue weighted by atomic mass is 9.81. The van der Waals surface area contributed by atoms with Crippen molar-refractivity contribution >= 4 is 41.5 Å². The van der Waals surface area contributed by atoms with Gasteiger partial charge in [-0.1, -0.05) is 35.3 Å². The first-order valence-corrected chi connectivity index (χ1v) is 11.1. The molecule has 168 valence electrons. The van der Waals surface area contributed by atoms with E-state index in [1.807, 2.05) is 19.2 Å². The summed E-state index contributed by atoms with van der Waals surface area (Å²) in [6.45, 7) is 2.05. The van der Waals surface area contributed by atoms with Gasteiger partial charge >= 0.3 is 0 Å². The summed E-state index contributed by atoms with van der Waals surface area (Å²) >= 11 is 12.1. The molecular formula is C23H27Cl3N2O3. The topological polar surface area (TPSA) is 64.0 Å². The molecule has 5 nitrogen and oxygen atoms in total. The van der Waals surface area contributed by atoms with Crippen LogP contribution in [0.25, 0.3) is 0 Å². The van der Waals surface area contributed by atoms with Gasteiger partial charge in [-0.2, -0.15) is 0 Å². The zero-order valence-electron chi connectivity index (χ0n) is 17.4. The second kappa shape index (κ2) is 9.86. The van der Waals surface area contributed by atoms with Crippen LogP contribution < -0.4 is 0 Å². The van der Waals surface area contributed by atoms with E-state index in [1.165, 1.54) is 6.07 Å². The number of hydrogen-bond donors (Lipinski definition) is 2. The summed E-state index contributed by atoms with van der Waals surface area (Å²) in [6, 6.07) is 8.62. The van der Waals surface area contributed by atoms with Gasteiger partial charge in [-0.3, -0.25) is 9.69 Å². The van der Waals surface area contributed by atoms with E-state index in [9.17, 15) is 15.0 Å². The highest BCUT2D eigenvalue weighted by molar-refractivity contribution is 6.42. The molecule has 2 aromatic carbocycles. The maximum Gasteiger partial charge on any atom is 0.227 e. The van der Waals surface area contributed by atoms with Crippen molar-refractivity contribution in [2.24, 2.45) is 0 Å². The van der Waals surface area contributed by atoms with E-state index in [0.29, 0.717) is 16.5 Å². The van der Waals surface area contributed by atoms with Gasteiger partial charge in [-0.05, 0) is 68.1 Å². The minimum atomic E-state index is -0.186. The summed E-state index contributed by atoms with van der Waals surface area (Å²) in [7, 11) is 1.83. The number of likely N-dealkylation sites (N-methyl/N-ethyl adjacent to an activating group) is 1. The zero-order chi connectivity index (χ0) is 21.4. The Morgan fingerprint density at radius 1 is 1.13 bits per heavy atom. The van der Waals surface area contributed by atoms with Crippen molar-refractivity contribution in [2.45, 2.75) is 44.2 Å². The number of nitrogens with zero attached hydrogens (tertiary/aromatic N) is 2. The van der Waals surface area contributed by atoms with Crippen molar-refractivity contribution < 1.29 is 15.0 Å². The van der Waals surface area contributed by atoms with Gasteiger partial charge in [0.25, 0.3) is 0 Å². The highest BCUT2D eigenvalue weighted by Crippen LogP contribution is 2.44. The molecule has 2 aromatic rings. The fraction of sp³-hybridized carbons (Fsp3) is 0.435. The molecule has 2 N–H and O–H groups in total. The fourth-order valence-corrected chi connectivity index (χ4v) is 5.18. The molecule has 0 bridgehead atoms. The molecule has 31 heavy (non-hydrogen) atoms. The smallest absolute Gasteiger partial charge is 0.227 e. The maximum atomic E-state index is 13.2. The summed E-state index contributed by atoms with van der Waals surface area (Å²) in [5.74, 6) is -0.206. The Balaban J connectivity index is 0.00000272. The number of carbonyl (C=O) groups excluding carboxylic acids is 1. The number of phenols is 2. The molecule has 4 rings (SSSR count). The van der Waals surface area contributed by atoms with Crippen LogP contribution in [0.1, 0.15) is 42.0 Å². The van der Waals surface area contributed by atoms with E-state index in [2.05, 4.69) is 4.90 Å². The second-order valence-electron chi connectivity index (χ2n) is 8.22. The third-order valence-corrected chi connectivity index (χ3v) is 7.17. The number of fused-ring (bicyclic) bond motifs is 1. The Bertz CT molecular complexity index is 963. The summed E-state index contributed by atoms with van der Waals surface area (Å²) < 4.78 is 0. The van der Waals surface area contributed by atoms with Gasteiger partial charge in [-0.15, -0.1) is 12.4 Å². The molecule has 1 aliphatic heterocycles. The van der Waals surface area contributed by atoms with Crippen molar-refractivity contribution in [1.82, 2.24) is 9.80 Å². The minimum absolute atomic E-state index is 0. The van der Waals surface area contributed by atoms with E-state index in [-0.39, 0.29) is 48.3 Å². The first-order valence-electron chi connectivity index (χ1n) is 10.3. The van der Waals surface area contributed by atoms with Gasteiger partial charge in [0, 0.05) is 18.7 Å². The molecule has 0 aromatic heterocycles. The van der Waals surface area contributed by atoms with E-state index in [1.54, 1.807) is 17.0 Å². The monoisotopic (exact) mass is 484 g/mol. The molecule has 0 unspecified atom stereocenters. The number of likely N-dealkylation sites (tertiary alicyclic amines) is 1. The summed E-state index contributed by atoms with van der Waals surface area (Å²) in [6.07, 6.45) is 4.06. The van der Waals surface area contributed by atoms with Crippen molar-refractivity contribution in [1.29, 1.82) is 0 Å². The van der Waals surface area contributed by atoms with Crippen LogP contribution in [0, 0.1) is 0 Å². The molecule has 0 spiro atoms. The third kappa shape index (κ3) is 4.75. The van der Waals surface area contributed by atoms with Crippen molar-refractivity contribution in [3.05, 3.63) is 57.1 Å². The lowest BCUT2D eigenvalue weighted by molar-refractivity contribution is -0.133. The summed E-state index contributed by atoms with van der Waals surface area (Å²) in [5, 5.41) is 21.3. The van der Waals surface area contributed by atoms with Gasteiger partial charge in [-0.25, -0.2) is 0 Å². The van der Waals surface area contributed by atoms with Gasteiger partial charge < -0.3 is 15.1 Å². The molecule has 1 heterocycles. The van der Waals surface area contributed by atoms with Crippen LogP contribution in [0.3, 0.4) is 0 Å². The van der Waals surface area contributed by atoms with E-state index in [4.69, 9.17) is 23.2 Å². The maximum absolute atomic E-state index is 13.2. The highest BCUT2D eigenvalue weighted by atomic mass is 35.5. The largest absolute Gasteiger partial charge is 0.504 e. The second-order valence-corrected chi connectivity index (χ2v) is 9.04. The van der Waals surface area contributed by atoms with Crippen LogP contribution in [-0.2, 0) is 17.6 Å². The molecule has 0 radical (unpaired) electrons. The third-order valence-electron chi connectivity index (χ3n) is 6.43.